The molecule has 0 aliphatic carbocycles. The van der Waals surface area contributed by atoms with E-state index in [1.165, 1.54) is 0 Å². The van der Waals surface area contributed by atoms with Gasteiger partial charge < -0.3 is 14.5 Å². The number of piperidine rings is 1. The van der Waals surface area contributed by atoms with E-state index >= 15 is 0 Å². The van der Waals surface area contributed by atoms with Crippen LogP contribution in [0.5, 0.6) is 0 Å². The minimum absolute atomic E-state index is 0.00911. The van der Waals surface area contributed by atoms with Gasteiger partial charge in [0, 0.05) is 33.8 Å². The number of carbonyl (C=O) groups is 1. The molecule has 1 aliphatic rings. The molecule has 1 saturated heterocycles. The Bertz CT molecular complexity index is 308. The fourth-order valence-electron chi connectivity index (χ4n) is 2.40. The Morgan fingerprint density at radius 3 is 2.70 bits per heavy atom. The van der Waals surface area contributed by atoms with Crippen molar-refractivity contribution in [1.29, 1.82) is 0 Å². The van der Waals surface area contributed by atoms with Gasteiger partial charge in [-0.05, 0) is 25.8 Å². The number of halogens is 3. The Kier molecular flexibility index (Phi) is 6.75. The molecule has 0 aromatic carbocycles. The van der Waals surface area contributed by atoms with Crippen LogP contribution >= 0.6 is 0 Å². The molecule has 1 amide bonds. The molecule has 1 fully saturated rings. The van der Waals surface area contributed by atoms with Gasteiger partial charge in [-0.3, -0.25) is 4.79 Å². The highest BCUT2D eigenvalue weighted by Crippen LogP contribution is 2.18. The maximum atomic E-state index is 11.9. The lowest BCUT2D eigenvalue weighted by Crippen LogP contribution is -2.43. The molecule has 1 atom stereocenters. The topological polar surface area (TPSA) is 32.8 Å². The predicted octanol–water partition coefficient (Wildman–Crippen LogP) is 1.76. The smallest absolute Gasteiger partial charge is 0.372 e. The van der Waals surface area contributed by atoms with Crippen molar-refractivity contribution in [3.05, 3.63) is 0 Å². The summed E-state index contributed by atoms with van der Waals surface area (Å²) in [5.74, 6) is 0.137. The van der Waals surface area contributed by atoms with E-state index in [4.69, 9.17) is 0 Å². The lowest BCUT2D eigenvalue weighted by Gasteiger charge is -2.33. The van der Waals surface area contributed by atoms with Gasteiger partial charge in [0.15, 0.2) is 0 Å². The lowest BCUT2D eigenvalue weighted by molar-refractivity contribution is -0.174. The Hall–Kier alpha value is -0.820. The molecule has 0 aromatic heterocycles. The number of rotatable bonds is 6. The predicted molar refractivity (Wildman–Crippen MR) is 69.3 cm³/mol. The van der Waals surface area contributed by atoms with Crippen LogP contribution in [0.15, 0.2) is 0 Å². The quantitative estimate of drug-likeness (QED) is 0.700. The van der Waals surface area contributed by atoms with E-state index in [1.807, 2.05) is 0 Å². The molecule has 20 heavy (non-hydrogen) atoms. The maximum absolute atomic E-state index is 11.9. The first-order chi connectivity index (χ1) is 9.29. The summed E-state index contributed by atoms with van der Waals surface area (Å²) in [6.07, 6.45) is -1.86. The molecular formula is C13H23F3N2O2. The number of hydrogen-bond acceptors (Lipinski definition) is 3. The Balaban J connectivity index is 2.19. The average Bonchev–Trinajstić information content (AvgIpc) is 2.36. The van der Waals surface area contributed by atoms with E-state index in [2.05, 4.69) is 9.64 Å². The first-order valence-corrected chi connectivity index (χ1v) is 6.87. The molecule has 1 unspecified atom stereocenters. The summed E-state index contributed by atoms with van der Waals surface area (Å²) in [7, 11) is 3.48. The zero-order valence-corrected chi connectivity index (χ0v) is 12.1. The van der Waals surface area contributed by atoms with Crippen molar-refractivity contribution in [2.75, 3.05) is 46.9 Å². The second kappa shape index (κ2) is 7.83. The van der Waals surface area contributed by atoms with Gasteiger partial charge in [-0.1, -0.05) is 0 Å². The molecule has 4 nitrogen and oxygen atoms in total. The number of hydrogen-bond donors (Lipinski definition) is 0. The summed E-state index contributed by atoms with van der Waals surface area (Å²) in [6, 6.07) is 0. The minimum atomic E-state index is -4.26. The van der Waals surface area contributed by atoms with Crippen LogP contribution in [0.3, 0.4) is 0 Å². The van der Waals surface area contributed by atoms with Crippen LogP contribution in [0.1, 0.15) is 19.3 Å². The Labute approximate surface area is 117 Å². The number of carbonyl (C=O) groups excluding carboxylic acids is 1. The third kappa shape index (κ3) is 6.56. The molecular weight excluding hydrogens is 273 g/mol. The second-order valence-electron chi connectivity index (χ2n) is 5.39. The maximum Gasteiger partial charge on any atom is 0.411 e. The van der Waals surface area contributed by atoms with Crippen molar-refractivity contribution >= 4 is 5.91 Å². The van der Waals surface area contributed by atoms with E-state index in [1.54, 1.807) is 19.0 Å². The van der Waals surface area contributed by atoms with Crippen LogP contribution in [0, 0.1) is 5.92 Å². The molecule has 0 aromatic rings. The zero-order valence-electron chi connectivity index (χ0n) is 12.1. The monoisotopic (exact) mass is 296 g/mol. The van der Waals surface area contributed by atoms with Gasteiger partial charge in [0.25, 0.3) is 0 Å². The third-order valence-electron chi connectivity index (χ3n) is 3.32. The van der Waals surface area contributed by atoms with Gasteiger partial charge in [0.05, 0.1) is 5.92 Å². The molecule has 1 heterocycles. The number of nitrogens with zero attached hydrogens (tertiary/aromatic N) is 2. The number of ether oxygens (including phenoxy) is 1. The summed E-state index contributed by atoms with van der Waals surface area (Å²) < 4.78 is 40.2. The summed E-state index contributed by atoms with van der Waals surface area (Å²) in [4.78, 5) is 15.6. The van der Waals surface area contributed by atoms with E-state index in [0.717, 1.165) is 19.4 Å². The van der Waals surface area contributed by atoms with E-state index in [-0.39, 0.29) is 18.4 Å². The summed E-state index contributed by atoms with van der Waals surface area (Å²) in [5, 5.41) is 0. The van der Waals surface area contributed by atoms with Crippen LogP contribution in [0.4, 0.5) is 13.2 Å². The standard InChI is InChI=1S/C13H23F3N2O2/c1-17(2)12(19)11-5-3-6-18(9-11)7-4-8-20-10-13(14,15)16/h11H,3-10H2,1-2H3. The second-order valence-corrected chi connectivity index (χ2v) is 5.39. The molecule has 0 spiro atoms. The van der Waals surface area contributed by atoms with Crippen LogP contribution < -0.4 is 0 Å². The first-order valence-electron chi connectivity index (χ1n) is 6.87. The van der Waals surface area contributed by atoms with Gasteiger partial charge in [0.1, 0.15) is 6.61 Å². The van der Waals surface area contributed by atoms with Crippen LogP contribution in [-0.2, 0) is 9.53 Å². The fourth-order valence-corrected chi connectivity index (χ4v) is 2.40. The third-order valence-corrected chi connectivity index (χ3v) is 3.32. The van der Waals surface area contributed by atoms with Crippen molar-refractivity contribution in [2.45, 2.75) is 25.4 Å². The highest BCUT2D eigenvalue weighted by Gasteiger charge is 2.28. The van der Waals surface area contributed by atoms with Gasteiger partial charge in [-0.25, -0.2) is 0 Å². The molecule has 1 aliphatic heterocycles. The molecule has 0 saturated carbocycles. The Morgan fingerprint density at radius 2 is 2.10 bits per heavy atom. The largest absolute Gasteiger partial charge is 0.411 e. The van der Waals surface area contributed by atoms with Crippen LogP contribution in [0.25, 0.3) is 0 Å². The van der Waals surface area contributed by atoms with Crippen molar-refractivity contribution in [3.8, 4) is 0 Å². The minimum Gasteiger partial charge on any atom is -0.372 e. The average molecular weight is 296 g/mol. The summed E-state index contributed by atoms with van der Waals surface area (Å²) in [5.41, 5.74) is 0. The van der Waals surface area contributed by atoms with Crippen molar-refractivity contribution in [2.24, 2.45) is 5.92 Å². The number of likely N-dealkylation sites (tertiary alicyclic amines) is 1. The summed E-state index contributed by atoms with van der Waals surface area (Å²) in [6.45, 7) is 1.18. The summed E-state index contributed by atoms with van der Waals surface area (Å²) >= 11 is 0. The Morgan fingerprint density at radius 1 is 1.40 bits per heavy atom. The number of alkyl halides is 3. The molecule has 0 radical (unpaired) electrons. The van der Waals surface area contributed by atoms with Gasteiger partial charge in [0.2, 0.25) is 5.91 Å². The van der Waals surface area contributed by atoms with Crippen molar-refractivity contribution in [1.82, 2.24) is 9.80 Å². The number of amides is 1. The molecule has 1 rings (SSSR count). The van der Waals surface area contributed by atoms with E-state index in [9.17, 15) is 18.0 Å². The normalized spacial score (nSPS) is 20.9. The van der Waals surface area contributed by atoms with Gasteiger partial charge >= 0.3 is 6.18 Å². The van der Waals surface area contributed by atoms with E-state index < -0.39 is 12.8 Å². The molecule has 118 valence electrons. The van der Waals surface area contributed by atoms with Crippen molar-refractivity contribution in [3.63, 3.8) is 0 Å². The van der Waals surface area contributed by atoms with Gasteiger partial charge in [-0.2, -0.15) is 13.2 Å². The lowest BCUT2D eigenvalue weighted by atomic mass is 9.96. The highest BCUT2D eigenvalue weighted by molar-refractivity contribution is 5.78. The molecule has 0 bridgehead atoms. The van der Waals surface area contributed by atoms with Crippen molar-refractivity contribution < 1.29 is 22.7 Å². The first kappa shape index (κ1) is 17.2. The molecule has 7 heteroatoms. The van der Waals surface area contributed by atoms with E-state index in [0.29, 0.717) is 19.5 Å². The highest BCUT2D eigenvalue weighted by atomic mass is 19.4. The fraction of sp³-hybridized carbons (Fsp3) is 0.923. The SMILES string of the molecule is CN(C)C(=O)C1CCCN(CCCOCC(F)(F)F)C1. The molecule has 0 N–H and O–H groups in total. The van der Waals surface area contributed by atoms with Gasteiger partial charge in [-0.15, -0.1) is 0 Å². The zero-order chi connectivity index (χ0) is 15.2. The van der Waals surface area contributed by atoms with Crippen LogP contribution in [-0.4, -0.2) is 68.8 Å². The van der Waals surface area contributed by atoms with Crippen LogP contribution in [0.2, 0.25) is 0 Å².